The third-order valence-corrected chi connectivity index (χ3v) is 3.97. The minimum atomic E-state index is 0.119. The second-order valence-corrected chi connectivity index (χ2v) is 5.24. The minimum Gasteiger partial charge on any atom is -0.454 e. The van der Waals surface area contributed by atoms with Crippen molar-refractivity contribution in [1.29, 1.82) is 0 Å². The van der Waals surface area contributed by atoms with Crippen molar-refractivity contribution in [2.45, 2.75) is 12.8 Å². The number of carbonyl (C=O) groups excluding carboxylic acids is 1. The normalized spacial score (nSPS) is 17.9. The topological polar surface area (TPSA) is 35.5 Å². The van der Waals surface area contributed by atoms with Gasteiger partial charge in [0, 0.05) is 16.7 Å². The average Bonchev–Trinajstić information content (AvgIpc) is 3.00. The van der Waals surface area contributed by atoms with Crippen LogP contribution in [0.5, 0.6) is 11.5 Å². The smallest absolute Gasteiger partial charge is 0.231 e. The lowest BCUT2D eigenvalue weighted by Gasteiger charge is -2.17. The number of fused-ring (bicyclic) bond motifs is 2. The number of hydrogen-bond acceptors (Lipinski definition) is 3. The Balaban J connectivity index is 1.75. The van der Waals surface area contributed by atoms with Gasteiger partial charge < -0.3 is 9.47 Å². The summed E-state index contributed by atoms with van der Waals surface area (Å²) in [4.78, 5) is 12.6. The zero-order valence-electron chi connectivity index (χ0n) is 11.5. The molecule has 0 spiro atoms. The Kier molecular flexibility index (Phi) is 2.78. The van der Waals surface area contributed by atoms with Crippen LogP contribution in [0.2, 0.25) is 0 Å². The van der Waals surface area contributed by atoms with E-state index in [0.29, 0.717) is 0 Å². The molecule has 21 heavy (non-hydrogen) atoms. The summed E-state index contributed by atoms with van der Waals surface area (Å²) in [5.74, 6) is 1.60. The van der Waals surface area contributed by atoms with Gasteiger partial charge in [-0.15, -0.1) is 0 Å². The maximum atomic E-state index is 12.6. The first-order valence-electron chi connectivity index (χ1n) is 7.05. The van der Waals surface area contributed by atoms with Gasteiger partial charge in [0.15, 0.2) is 17.3 Å². The number of aryl methyl sites for hydroxylation is 1. The average molecular weight is 278 g/mol. The van der Waals surface area contributed by atoms with Crippen LogP contribution in [-0.4, -0.2) is 12.6 Å². The van der Waals surface area contributed by atoms with Crippen LogP contribution in [0.1, 0.15) is 27.9 Å². The van der Waals surface area contributed by atoms with Gasteiger partial charge in [-0.2, -0.15) is 0 Å². The molecule has 3 heteroatoms. The first kappa shape index (κ1) is 12.2. The molecular formula is C18H14O3. The van der Waals surface area contributed by atoms with E-state index >= 15 is 0 Å². The van der Waals surface area contributed by atoms with Gasteiger partial charge in [-0.1, -0.05) is 36.4 Å². The molecule has 104 valence electrons. The van der Waals surface area contributed by atoms with E-state index in [-0.39, 0.29) is 12.6 Å². The molecule has 0 saturated heterocycles. The van der Waals surface area contributed by atoms with Gasteiger partial charge in [-0.3, -0.25) is 4.79 Å². The molecule has 2 aromatic carbocycles. The summed E-state index contributed by atoms with van der Waals surface area (Å²) in [5, 5.41) is 0. The molecular weight excluding hydrogens is 264 g/mol. The van der Waals surface area contributed by atoms with Crippen LogP contribution in [-0.2, 0) is 6.42 Å². The molecule has 3 nitrogen and oxygen atoms in total. The fourth-order valence-electron chi connectivity index (χ4n) is 2.91. The van der Waals surface area contributed by atoms with Crippen LogP contribution < -0.4 is 9.47 Å². The third kappa shape index (κ3) is 2.02. The summed E-state index contributed by atoms with van der Waals surface area (Å²) in [6, 6.07) is 13.6. The predicted molar refractivity (Wildman–Crippen MR) is 79.6 cm³/mol. The number of benzene rings is 2. The van der Waals surface area contributed by atoms with Crippen molar-refractivity contribution < 1.29 is 14.3 Å². The molecule has 0 radical (unpaired) electrons. The summed E-state index contributed by atoms with van der Waals surface area (Å²) in [7, 11) is 0. The van der Waals surface area contributed by atoms with Crippen LogP contribution >= 0.6 is 0 Å². The summed E-state index contributed by atoms with van der Waals surface area (Å²) in [6.07, 6.45) is 3.60. The highest BCUT2D eigenvalue weighted by molar-refractivity contribution is 6.13. The van der Waals surface area contributed by atoms with Crippen molar-refractivity contribution in [3.8, 4) is 11.5 Å². The largest absolute Gasteiger partial charge is 0.454 e. The first-order chi connectivity index (χ1) is 10.3. The zero-order chi connectivity index (χ0) is 14.2. The van der Waals surface area contributed by atoms with Crippen LogP contribution in [0.25, 0.3) is 6.08 Å². The number of ether oxygens (including phenoxy) is 2. The number of ketones is 1. The van der Waals surface area contributed by atoms with Gasteiger partial charge in [0.05, 0.1) is 0 Å². The number of carbonyl (C=O) groups is 1. The van der Waals surface area contributed by atoms with Crippen molar-refractivity contribution in [2.24, 2.45) is 0 Å². The van der Waals surface area contributed by atoms with Gasteiger partial charge in [-0.25, -0.2) is 0 Å². The van der Waals surface area contributed by atoms with Crippen molar-refractivity contribution in [3.63, 3.8) is 0 Å². The standard InChI is InChI=1S/C18H14O3/c19-17-13(9-8-12-4-1-2-6-15(12)17)10-14-5-3-7-16-18(14)21-11-20-16/h1-7,10H,8-9,11H2/b13-10-. The molecule has 0 aromatic heterocycles. The lowest BCUT2D eigenvalue weighted by Crippen LogP contribution is -2.13. The second kappa shape index (κ2) is 4.77. The fraction of sp³-hybridized carbons (Fsp3) is 0.167. The molecule has 0 atom stereocenters. The van der Waals surface area contributed by atoms with E-state index < -0.39 is 0 Å². The molecule has 2 aromatic rings. The van der Waals surface area contributed by atoms with Crippen molar-refractivity contribution >= 4 is 11.9 Å². The summed E-state index contributed by atoms with van der Waals surface area (Å²) in [5.41, 5.74) is 3.70. The lowest BCUT2D eigenvalue weighted by atomic mass is 9.86. The van der Waals surface area contributed by atoms with Gasteiger partial charge in [-0.05, 0) is 30.5 Å². The number of rotatable bonds is 1. The summed E-state index contributed by atoms with van der Waals surface area (Å²) < 4.78 is 10.9. The number of hydrogen-bond donors (Lipinski definition) is 0. The Morgan fingerprint density at radius 1 is 0.952 bits per heavy atom. The number of Topliss-reactive ketones (excluding diaryl/α,β-unsaturated/α-hetero) is 1. The van der Waals surface area contributed by atoms with Crippen molar-refractivity contribution in [3.05, 3.63) is 64.7 Å². The molecule has 0 saturated carbocycles. The quantitative estimate of drug-likeness (QED) is 0.747. The van der Waals surface area contributed by atoms with E-state index in [2.05, 4.69) is 0 Å². The highest BCUT2D eigenvalue weighted by Gasteiger charge is 2.23. The van der Waals surface area contributed by atoms with Gasteiger partial charge in [0.2, 0.25) is 6.79 Å². The van der Waals surface area contributed by atoms with Gasteiger partial charge in [0.25, 0.3) is 0 Å². The van der Waals surface area contributed by atoms with Crippen LogP contribution in [0.3, 0.4) is 0 Å². The molecule has 0 amide bonds. The van der Waals surface area contributed by atoms with Crippen LogP contribution in [0.4, 0.5) is 0 Å². The van der Waals surface area contributed by atoms with Gasteiger partial charge in [0.1, 0.15) is 0 Å². The van der Waals surface area contributed by atoms with Gasteiger partial charge >= 0.3 is 0 Å². The van der Waals surface area contributed by atoms with Crippen molar-refractivity contribution in [1.82, 2.24) is 0 Å². The Bertz CT molecular complexity index is 759. The lowest BCUT2D eigenvalue weighted by molar-refractivity contribution is 0.102. The highest BCUT2D eigenvalue weighted by Crippen LogP contribution is 2.37. The van der Waals surface area contributed by atoms with E-state index in [1.54, 1.807) is 0 Å². The van der Waals surface area contributed by atoms with Crippen LogP contribution in [0.15, 0.2) is 48.0 Å². The zero-order valence-corrected chi connectivity index (χ0v) is 11.5. The summed E-state index contributed by atoms with van der Waals surface area (Å²) in [6.45, 7) is 0.242. The Labute approximate surface area is 122 Å². The van der Waals surface area contributed by atoms with Crippen LogP contribution in [0, 0.1) is 0 Å². The first-order valence-corrected chi connectivity index (χ1v) is 7.05. The van der Waals surface area contributed by atoms with E-state index in [1.165, 1.54) is 0 Å². The molecule has 0 unspecified atom stereocenters. The SMILES string of the molecule is O=C1/C(=C\c2cccc3c2OCO3)CCc2ccccc21. The minimum absolute atomic E-state index is 0.119. The predicted octanol–water partition coefficient (Wildman–Crippen LogP) is 3.63. The monoisotopic (exact) mass is 278 g/mol. The second-order valence-electron chi connectivity index (χ2n) is 5.24. The molecule has 0 N–H and O–H groups in total. The number of para-hydroxylation sites is 1. The maximum Gasteiger partial charge on any atom is 0.231 e. The van der Waals surface area contributed by atoms with E-state index in [0.717, 1.165) is 46.6 Å². The molecule has 0 fully saturated rings. The van der Waals surface area contributed by atoms with E-state index in [9.17, 15) is 4.79 Å². The van der Waals surface area contributed by atoms with E-state index in [1.807, 2.05) is 48.5 Å². The number of allylic oxidation sites excluding steroid dienone is 1. The Morgan fingerprint density at radius 3 is 2.81 bits per heavy atom. The molecule has 4 rings (SSSR count). The highest BCUT2D eigenvalue weighted by atomic mass is 16.7. The Morgan fingerprint density at radius 2 is 1.86 bits per heavy atom. The summed E-state index contributed by atoms with van der Waals surface area (Å²) >= 11 is 0. The molecule has 2 aliphatic rings. The molecule has 1 aliphatic carbocycles. The van der Waals surface area contributed by atoms with Crippen molar-refractivity contribution in [2.75, 3.05) is 6.79 Å². The fourth-order valence-corrected chi connectivity index (χ4v) is 2.91. The van der Waals surface area contributed by atoms with E-state index in [4.69, 9.17) is 9.47 Å². The molecule has 1 heterocycles. The Hall–Kier alpha value is -2.55. The molecule has 0 bridgehead atoms. The molecule has 1 aliphatic heterocycles. The maximum absolute atomic E-state index is 12.6. The third-order valence-electron chi connectivity index (χ3n) is 3.97.